The first-order valence-corrected chi connectivity index (χ1v) is 7.70. The van der Waals surface area contributed by atoms with Gasteiger partial charge in [0.15, 0.2) is 0 Å². The molecule has 2 rings (SSSR count). The Morgan fingerprint density at radius 2 is 1.88 bits per heavy atom. The molecule has 0 unspecified atom stereocenters. The summed E-state index contributed by atoms with van der Waals surface area (Å²) >= 11 is 1.14. The maximum atomic E-state index is 11.6. The molecule has 0 aliphatic carbocycles. The summed E-state index contributed by atoms with van der Waals surface area (Å²) in [5, 5.41) is 20.0. The molecule has 8 heteroatoms. The van der Waals surface area contributed by atoms with Gasteiger partial charge in [-0.25, -0.2) is 9.59 Å². The highest BCUT2D eigenvalue weighted by Gasteiger charge is 2.17. The van der Waals surface area contributed by atoms with Gasteiger partial charge in [-0.2, -0.15) is 0 Å². The average Bonchev–Trinajstić information content (AvgIpc) is 2.55. The number of hydrogen-bond acceptors (Lipinski definition) is 6. The highest BCUT2D eigenvalue weighted by Crippen LogP contribution is 2.32. The van der Waals surface area contributed by atoms with E-state index in [1.54, 1.807) is 31.2 Å². The summed E-state index contributed by atoms with van der Waals surface area (Å²) in [5.74, 6) is -1.68. The van der Waals surface area contributed by atoms with Crippen LogP contribution in [-0.4, -0.2) is 28.6 Å². The van der Waals surface area contributed by atoms with Gasteiger partial charge in [-0.15, -0.1) is 0 Å². The summed E-state index contributed by atoms with van der Waals surface area (Å²) in [6, 6.07) is 10.1. The number of carboxylic acids is 1. The Balaban J connectivity index is 2.26. The molecule has 24 heavy (non-hydrogen) atoms. The number of non-ortho nitro benzene ring substituents is 1. The van der Waals surface area contributed by atoms with Crippen molar-refractivity contribution in [2.24, 2.45) is 0 Å². The number of ether oxygens (including phenoxy) is 1. The molecule has 7 nitrogen and oxygen atoms in total. The van der Waals surface area contributed by atoms with Crippen LogP contribution in [0, 0.1) is 10.1 Å². The Labute approximate surface area is 141 Å². The maximum absolute atomic E-state index is 11.6. The van der Waals surface area contributed by atoms with Crippen LogP contribution in [0.25, 0.3) is 0 Å². The van der Waals surface area contributed by atoms with Gasteiger partial charge in [-0.1, -0.05) is 11.8 Å². The number of hydrogen-bond donors (Lipinski definition) is 1. The second-order valence-corrected chi connectivity index (χ2v) is 5.70. The number of benzene rings is 2. The number of carbonyl (C=O) groups excluding carboxylic acids is 1. The third-order valence-electron chi connectivity index (χ3n) is 3.00. The largest absolute Gasteiger partial charge is 0.478 e. The number of carbonyl (C=O) groups is 2. The van der Waals surface area contributed by atoms with Crippen LogP contribution < -0.4 is 0 Å². The minimum Gasteiger partial charge on any atom is -0.478 e. The lowest BCUT2D eigenvalue weighted by molar-refractivity contribution is -0.384. The number of carboxylic acid groups (broad SMARTS) is 1. The Hall–Kier alpha value is -2.87. The van der Waals surface area contributed by atoms with Gasteiger partial charge < -0.3 is 9.84 Å². The van der Waals surface area contributed by atoms with Crippen LogP contribution >= 0.6 is 11.8 Å². The number of rotatable bonds is 6. The molecular formula is C16H13NO6S. The molecule has 0 bridgehead atoms. The molecule has 0 aliphatic rings. The predicted molar refractivity (Wildman–Crippen MR) is 86.6 cm³/mol. The van der Waals surface area contributed by atoms with Crippen LogP contribution in [0.15, 0.2) is 52.3 Å². The Morgan fingerprint density at radius 1 is 1.21 bits per heavy atom. The standard InChI is InChI=1S/C16H13NO6S/c1-2-23-16(20)10-3-6-12(7-4-10)24-14-8-5-11(17(21)22)9-13(14)15(18)19/h3-9H,2H2,1H3,(H,18,19). The van der Waals surface area contributed by atoms with Gasteiger partial charge in [0.1, 0.15) is 0 Å². The minimum absolute atomic E-state index is 0.149. The van der Waals surface area contributed by atoms with Gasteiger partial charge in [0.05, 0.1) is 22.7 Å². The monoisotopic (exact) mass is 347 g/mol. The van der Waals surface area contributed by atoms with E-state index in [4.69, 9.17) is 4.74 Å². The van der Waals surface area contributed by atoms with Crippen molar-refractivity contribution in [3.63, 3.8) is 0 Å². The second-order valence-electron chi connectivity index (χ2n) is 4.59. The maximum Gasteiger partial charge on any atom is 0.338 e. The van der Waals surface area contributed by atoms with E-state index in [0.29, 0.717) is 15.4 Å². The van der Waals surface area contributed by atoms with Gasteiger partial charge in [-0.3, -0.25) is 10.1 Å². The van der Waals surface area contributed by atoms with E-state index < -0.39 is 16.9 Å². The molecule has 0 saturated carbocycles. The van der Waals surface area contributed by atoms with Crippen LogP contribution in [0.1, 0.15) is 27.6 Å². The second kappa shape index (κ2) is 7.60. The zero-order valence-electron chi connectivity index (χ0n) is 12.6. The van der Waals surface area contributed by atoms with Crippen molar-refractivity contribution in [3.05, 3.63) is 63.7 Å². The molecule has 0 atom stereocenters. The zero-order chi connectivity index (χ0) is 17.7. The van der Waals surface area contributed by atoms with E-state index in [1.165, 1.54) is 12.1 Å². The van der Waals surface area contributed by atoms with Crippen molar-refractivity contribution in [1.82, 2.24) is 0 Å². The van der Waals surface area contributed by atoms with Gasteiger partial charge >= 0.3 is 11.9 Å². The van der Waals surface area contributed by atoms with Crippen molar-refractivity contribution < 1.29 is 24.4 Å². The fourth-order valence-electron chi connectivity index (χ4n) is 1.89. The summed E-state index contributed by atoms with van der Waals surface area (Å²) in [7, 11) is 0. The predicted octanol–water partition coefficient (Wildman–Crippen LogP) is 3.62. The molecule has 0 fully saturated rings. The summed E-state index contributed by atoms with van der Waals surface area (Å²) in [6.45, 7) is 1.99. The lowest BCUT2D eigenvalue weighted by atomic mass is 10.2. The van der Waals surface area contributed by atoms with E-state index in [2.05, 4.69) is 0 Å². The fraction of sp³-hybridized carbons (Fsp3) is 0.125. The van der Waals surface area contributed by atoms with Gasteiger partial charge in [0, 0.05) is 21.9 Å². The molecule has 0 aliphatic heterocycles. The molecule has 0 amide bonds. The normalized spacial score (nSPS) is 10.2. The Morgan fingerprint density at radius 3 is 2.42 bits per heavy atom. The molecule has 124 valence electrons. The number of nitro groups is 1. The van der Waals surface area contributed by atoms with Crippen molar-refractivity contribution in [2.75, 3.05) is 6.61 Å². The molecule has 2 aromatic carbocycles. The third-order valence-corrected chi connectivity index (χ3v) is 4.08. The van der Waals surface area contributed by atoms with E-state index in [9.17, 15) is 24.8 Å². The highest BCUT2D eigenvalue weighted by atomic mass is 32.2. The lowest BCUT2D eigenvalue weighted by Crippen LogP contribution is -2.04. The Bertz CT molecular complexity index is 788. The smallest absolute Gasteiger partial charge is 0.338 e. The number of nitro benzene ring substituents is 1. The Kier molecular flexibility index (Phi) is 5.54. The summed E-state index contributed by atoms with van der Waals surface area (Å²) in [5.41, 5.74) is -0.0403. The van der Waals surface area contributed by atoms with Gasteiger partial charge in [0.2, 0.25) is 0 Å². The number of esters is 1. The average molecular weight is 347 g/mol. The molecule has 0 radical (unpaired) electrons. The van der Waals surface area contributed by atoms with Crippen LogP contribution in [0.3, 0.4) is 0 Å². The molecule has 0 heterocycles. The van der Waals surface area contributed by atoms with E-state index >= 15 is 0 Å². The zero-order valence-corrected chi connectivity index (χ0v) is 13.4. The quantitative estimate of drug-likeness (QED) is 0.483. The molecule has 1 N–H and O–H groups in total. The molecular weight excluding hydrogens is 334 g/mol. The van der Waals surface area contributed by atoms with Crippen LogP contribution in [0.5, 0.6) is 0 Å². The first kappa shape index (κ1) is 17.5. The van der Waals surface area contributed by atoms with Gasteiger partial charge in [-0.05, 0) is 37.3 Å². The SMILES string of the molecule is CCOC(=O)c1ccc(Sc2ccc([N+](=O)[O-])cc2C(=O)O)cc1. The van der Waals surface area contributed by atoms with E-state index in [-0.39, 0.29) is 17.9 Å². The summed E-state index contributed by atoms with van der Waals surface area (Å²) in [6.07, 6.45) is 0. The fourth-order valence-corrected chi connectivity index (χ4v) is 2.81. The van der Waals surface area contributed by atoms with Crippen molar-refractivity contribution in [2.45, 2.75) is 16.7 Å². The highest BCUT2D eigenvalue weighted by molar-refractivity contribution is 7.99. The van der Waals surface area contributed by atoms with Crippen LogP contribution in [0.4, 0.5) is 5.69 Å². The van der Waals surface area contributed by atoms with E-state index in [0.717, 1.165) is 17.8 Å². The molecule has 0 spiro atoms. The lowest BCUT2D eigenvalue weighted by Gasteiger charge is -2.07. The first-order valence-electron chi connectivity index (χ1n) is 6.89. The number of aromatic carboxylic acids is 1. The van der Waals surface area contributed by atoms with Crippen molar-refractivity contribution >= 4 is 29.4 Å². The topological polar surface area (TPSA) is 107 Å². The van der Waals surface area contributed by atoms with Crippen molar-refractivity contribution in [3.8, 4) is 0 Å². The number of nitrogens with zero attached hydrogens (tertiary/aromatic N) is 1. The van der Waals surface area contributed by atoms with Crippen LogP contribution in [-0.2, 0) is 4.74 Å². The molecule has 0 aromatic heterocycles. The third kappa shape index (κ3) is 4.11. The van der Waals surface area contributed by atoms with Gasteiger partial charge in [0.25, 0.3) is 5.69 Å². The summed E-state index contributed by atoms with van der Waals surface area (Å²) in [4.78, 5) is 34.1. The molecule has 2 aromatic rings. The molecule has 0 saturated heterocycles. The van der Waals surface area contributed by atoms with Crippen LogP contribution in [0.2, 0.25) is 0 Å². The summed E-state index contributed by atoms with van der Waals surface area (Å²) < 4.78 is 4.88. The van der Waals surface area contributed by atoms with E-state index in [1.807, 2.05) is 0 Å². The minimum atomic E-state index is -1.25. The first-order chi connectivity index (χ1) is 11.4. The van der Waals surface area contributed by atoms with Crippen molar-refractivity contribution in [1.29, 1.82) is 0 Å².